The number of rotatable bonds is 5. The van der Waals surface area contributed by atoms with Crippen LogP contribution < -0.4 is 10.6 Å². The Kier molecular flexibility index (Phi) is 4.04. The van der Waals surface area contributed by atoms with Crippen molar-refractivity contribution in [1.29, 1.82) is 0 Å². The molecule has 2 aromatic carbocycles. The zero-order valence-electron chi connectivity index (χ0n) is 11.9. The molecule has 22 heavy (non-hydrogen) atoms. The summed E-state index contributed by atoms with van der Waals surface area (Å²) in [6.07, 6.45) is 1.97. The van der Waals surface area contributed by atoms with E-state index in [2.05, 4.69) is 10.6 Å². The van der Waals surface area contributed by atoms with E-state index in [-0.39, 0.29) is 23.6 Å². The fraction of sp³-hybridized carbons (Fsp3) is 0.235. The van der Waals surface area contributed by atoms with Crippen LogP contribution in [0.3, 0.4) is 0 Å². The molecule has 0 aromatic heterocycles. The molecule has 5 heteroatoms. The van der Waals surface area contributed by atoms with E-state index in [1.54, 1.807) is 24.3 Å². The first-order chi connectivity index (χ1) is 10.6. The number of carbonyl (C=O) groups is 1. The molecule has 0 aliphatic heterocycles. The van der Waals surface area contributed by atoms with Crippen LogP contribution in [0.25, 0.3) is 0 Å². The summed E-state index contributed by atoms with van der Waals surface area (Å²) in [5.41, 5.74) is 1.28. The Labute approximate surface area is 127 Å². The first-order valence-electron chi connectivity index (χ1n) is 7.20. The minimum Gasteiger partial charge on any atom is -0.370 e. The topological polar surface area (TPSA) is 41.1 Å². The van der Waals surface area contributed by atoms with Gasteiger partial charge in [-0.15, -0.1) is 0 Å². The Bertz CT molecular complexity index is 651. The number of halogens is 2. The summed E-state index contributed by atoms with van der Waals surface area (Å²) in [5.74, 6) is -0.864. The third-order valence-corrected chi connectivity index (χ3v) is 3.54. The van der Waals surface area contributed by atoms with Crippen LogP contribution in [-0.4, -0.2) is 11.9 Å². The van der Waals surface area contributed by atoms with Gasteiger partial charge in [0.1, 0.15) is 17.7 Å². The molecule has 3 rings (SSSR count). The van der Waals surface area contributed by atoms with Gasteiger partial charge in [0.2, 0.25) is 5.91 Å². The highest BCUT2D eigenvalue weighted by Gasteiger charge is 2.28. The molecule has 1 unspecified atom stereocenters. The zero-order chi connectivity index (χ0) is 15.5. The second-order valence-corrected chi connectivity index (χ2v) is 5.42. The van der Waals surface area contributed by atoms with E-state index in [0.717, 1.165) is 12.8 Å². The Morgan fingerprint density at radius 3 is 2.05 bits per heavy atom. The average Bonchev–Trinajstić information content (AvgIpc) is 3.31. The van der Waals surface area contributed by atoms with E-state index in [1.807, 2.05) is 0 Å². The maximum absolute atomic E-state index is 13.1. The van der Waals surface area contributed by atoms with Crippen molar-refractivity contribution in [3.63, 3.8) is 0 Å². The normalized spacial score (nSPS) is 15.2. The zero-order valence-corrected chi connectivity index (χ0v) is 11.9. The Morgan fingerprint density at radius 1 is 0.955 bits per heavy atom. The van der Waals surface area contributed by atoms with E-state index >= 15 is 0 Å². The number of anilines is 1. The van der Waals surface area contributed by atoms with Crippen molar-refractivity contribution in [2.75, 3.05) is 5.32 Å². The predicted molar refractivity (Wildman–Crippen MR) is 80.3 cm³/mol. The molecule has 0 saturated heterocycles. The van der Waals surface area contributed by atoms with Gasteiger partial charge in [-0.05, 0) is 54.8 Å². The highest BCUT2D eigenvalue weighted by Crippen LogP contribution is 2.24. The molecule has 114 valence electrons. The molecule has 3 nitrogen and oxygen atoms in total. The molecule has 2 aromatic rings. The van der Waals surface area contributed by atoms with Crippen LogP contribution in [0.4, 0.5) is 14.5 Å². The molecule has 1 saturated carbocycles. The highest BCUT2D eigenvalue weighted by molar-refractivity contribution is 5.86. The molecule has 1 aliphatic carbocycles. The summed E-state index contributed by atoms with van der Waals surface area (Å²) in [4.78, 5) is 12.4. The van der Waals surface area contributed by atoms with Crippen LogP contribution in [0.2, 0.25) is 0 Å². The standard InChI is InChI=1S/C17H16F2N2O/c18-12-3-1-11(2-4-12)16(17(22)21-15-9-10-15)20-14-7-5-13(19)6-8-14/h1-8,15-16,20H,9-10H2,(H,21,22). The van der Waals surface area contributed by atoms with Gasteiger partial charge in [0, 0.05) is 11.7 Å². The Balaban J connectivity index is 1.82. The van der Waals surface area contributed by atoms with E-state index in [0.29, 0.717) is 11.3 Å². The molecule has 1 fully saturated rings. The lowest BCUT2D eigenvalue weighted by atomic mass is 10.1. The van der Waals surface area contributed by atoms with Gasteiger partial charge in [-0.25, -0.2) is 8.78 Å². The monoisotopic (exact) mass is 302 g/mol. The lowest BCUT2D eigenvalue weighted by molar-refractivity contribution is -0.122. The molecule has 1 amide bonds. The van der Waals surface area contributed by atoms with Gasteiger partial charge in [-0.3, -0.25) is 4.79 Å². The third kappa shape index (κ3) is 3.61. The SMILES string of the molecule is O=C(NC1CC1)C(Nc1ccc(F)cc1)c1ccc(F)cc1. The number of hydrogen-bond donors (Lipinski definition) is 2. The lowest BCUT2D eigenvalue weighted by Crippen LogP contribution is -2.34. The van der Waals surface area contributed by atoms with Gasteiger partial charge in [0.05, 0.1) is 0 Å². The maximum Gasteiger partial charge on any atom is 0.247 e. The van der Waals surface area contributed by atoms with Crippen LogP contribution in [0.1, 0.15) is 24.4 Å². The average molecular weight is 302 g/mol. The van der Waals surface area contributed by atoms with E-state index in [4.69, 9.17) is 0 Å². The van der Waals surface area contributed by atoms with Gasteiger partial charge < -0.3 is 10.6 Å². The van der Waals surface area contributed by atoms with Crippen molar-refractivity contribution in [2.45, 2.75) is 24.9 Å². The van der Waals surface area contributed by atoms with Crippen molar-refractivity contribution in [3.05, 3.63) is 65.7 Å². The number of amides is 1. The quantitative estimate of drug-likeness (QED) is 0.889. The van der Waals surface area contributed by atoms with Gasteiger partial charge >= 0.3 is 0 Å². The number of carbonyl (C=O) groups excluding carboxylic acids is 1. The van der Waals surface area contributed by atoms with E-state index in [1.165, 1.54) is 24.3 Å². The summed E-state index contributed by atoms with van der Waals surface area (Å²) in [7, 11) is 0. The van der Waals surface area contributed by atoms with Crippen LogP contribution in [-0.2, 0) is 4.79 Å². The minimum atomic E-state index is -0.647. The molecule has 1 aliphatic rings. The first kappa shape index (κ1) is 14.5. The van der Waals surface area contributed by atoms with Crippen LogP contribution in [0.15, 0.2) is 48.5 Å². The highest BCUT2D eigenvalue weighted by atomic mass is 19.1. The first-order valence-corrected chi connectivity index (χ1v) is 7.20. The van der Waals surface area contributed by atoms with Crippen molar-refractivity contribution >= 4 is 11.6 Å². The molecule has 0 heterocycles. The predicted octanol–water partition coefficient (Wildman–Crippen LogP) is 3.40. The maximum atomic E-state index is 13.1. The smallest absolute Gasteiger partial charge is 0.247 e. The van der Waals surface area contributed by atoms with Crippen molar-refractivity contribution in [1.82, 2.24) is 5.32 Å². The largest absolute Gasteiger partial charge is 0.370 e. The second-order valence-electron chi connectivity index (χ2n) is 5.42. The summed E-state index contributed by atoms with van der Waals surface area (Å²) >= 11 is 0. The molecule has 0 spiro atoms. The van der Waals surface area contributed by atoms with E-state index < -0.39 is 6.04 Å². The summed E-state index contributed by atoms with van der Waals surface area (Å²) < 4.78 is 26.1. The molecular formula is C17H16F2N2O. The van der Waals surface area contributed by atoms with Gasteiger partial charge in [-0.2, -0.15) is 0 Å². The lowest BCUT2D eigenvalue weighted by Gasteiger charge is -2.20. The summed E-state index contributed by atoms with van der Waals surface area (Å²) in [6, 6.07) is 11.1. The second kappa shape index (κ2) is 6.13. The number of hydrogen-bond acceptors (Lipinski definition) is 2. The molecule has 1 atom stereocenters. The summed E-state index contributed by atoms with van der Waals surface area (Å²) in [5, 5.41) is 6.00. The van der Waals surface area contributed by atoms with Gasteiger partial charge in [-0.1, -0.05) is 12.1 Å². The summed E-state index contributed by atoms with van der Waals surface area (Å²) in [6.45, 7) is 0. The van der Waals surface area contributed by atoms with Crippen LogP contribution in [0, 0.1) is 11.6 Å². The molecular weight excluding hydrogens is 286 g/mol. The molecule has 2 N–H and O–H groups in total. The van der Waals surface area contributed by atoms with Gasteiger partial charge in [0.15, 0.2) is 0 Å². The Morgan fingerprint density at radius 2 is 1.50 bits per heavy atom. The fourth-order valence-electron chi connectivity index (χ4n) is 2.18. The third-order valence-electron chi connectivity index (χ3n) is 3.54. The van der Waals surface area contributed by atoms with E-state index in [9.17, 15) is 13.6 Å². The molecule has 0 bridgehead atoms. The molecule has 0 radical (unpaired) electrons. The number of nitrogens with one attached hydrogen (secondary N) is 2. The van der Waals surface area contributed by atoms with Crippen molar-refractivity contribution in [3.8, 4) is 0 Å². The minimum absolute atomic E-state index is 0.168. The fourth-order valence-corrected chi connectivity index (χ4v) is 2.18. The number of benzene rings is 2. The Hall–Kier alpha value is -2.43. The van der Waals surface area contributed by atoms with Crippen molar-refractivity contribution < 1.29 is 13.6 Å². The van der Waals surface area contributed by atoms with Crippen LogP contribution in [0.5, 0.6) is 0 Å². The van der Waals surface area contributed by atoms with Crippen LogP contribution >= 0.6 is 0 Å². The van der Waals surface area contributed by atoms with Crippen molar-refractivity contribution in [2.24, 2.45) is 0 Å². The van der Waals surface area contributed by atoms with Gasteiger partial charge in [0.25, 0.3) is 0 Å².